The standard InChI is InChI=1S/C20H24F2N2O/c1-25-15-14-23-10-12-24(13-11-23)20(16-2-6-18(21)7-3-16)17-4-8-19(22)9-5-17/h2-9,20H,10-15H2,1H3. The third-order valence-corrected chi connectivity index (χ3v) is 4.76. The van der Waals surface area contributed by atoms with Crippen LogP contribution in [0.3, 0.4) is 0 Å². The van der Waals surface area contributed by atoms with Crippen molar-refractivity contribution in [2.75, 3.05) is 46.4 Å². The summed E-state index contributed by atoms with van der Waals surface area (Å²) in [5, 5.41) is 0. The second kappa shape index (κ2) is 8.52. The lowest BCUT2D eigenvalue weighted by atomic mass is 9.96. The van der Waals surface area contributed by atoms with Crippen LogP contribution in [-0.4, -0.2) is 56.2 Å². The Morgan fingerprint density at radius 2 is 1.32 bits per heavy atom. The highest BCUT2D eigenvalue weighted by atomic mass is 19.1. The molecule has 2 aromatic carbocycles. The summed E-state index contributed by atoms with van der Waals surface area (Å²) in [5.74, 6) is -0.489. The quantitative estimate of drug-likeness (QED) is 0.798. The van der Waals surface area contributed by atoms with E-state index in [9.17, 15) is 8.78 Å². The van der Waals surface area contributed by atoms with Crippen LogP contribution >= 0.6 is 0 Å². The number of nitrogens with zero attached hydrogens (tertiary/aromatic N) is 2. The topological polar surface area (TPSA) is 15.7 Å². The van der Waals surface area contributed by atoms with Gasteiger partial charge in [-0.15, -0.1) is 0 Å². The van der Waals surface area contributed by atoms with Crippen LogP contribution in [0.5, 0.6) is 0 Å². The van der Waals surface area contributed by atoms with E-state index in [4.69, 9.17) is 4.74 Å². The van der Waals surface area contributed by atoms with E-state index in [0.29, 0.717) is 0 Å². The van der Waals surface area contributed by atoms with E-state index in [1.54, 1.807) is 7.11 Å². The highest BCUT2D eigenvalue weighted by molar-refractivity contribution is 5.32. The average molecular weight is 346 g/mol. The first-order chi connectivity index (χ1) is 12.2. The molecule has 134 valence electrons. The summed E-state index contributed by atoms with van der Waals surface area (Å²) < 4.78 is 31.8. The van der Waals surface area contributed by atoms with Gasteiger partial charge in [0.2, 0.25) is 0 Å². The second-order valence-corrected chi connectivity index (χ2v) is 6.38. The minimum absolute atomic E-state index is 0.00535. The Bertz CT molecular complexity index is 607. The normalized spacial score (nSPS) is 16.5. The largest absolute Gasteiger partial charge is 0.383 e. The lowest BCUT2D eigenvalue weighted by molar-refractivity contribution is 0.0832. The number of halogens is 2. The Hall–Kier alpha value is -1.82. The van der Waals surface area contributed by atoms with Gasteiger partial charge in [0.1, 0.15) is 11.6 Å². The van der Waals surface area contributed by atoms with Gasteiger partial charge in [-0.05, 0) is 35.4 Å². The molecular formula is C20H24F2N2O. The van der Waals surface area contributed by atoms with Crippen molar-refractivity contribution in [2.24, 2.45) is 0 Å². The fourth-order valence-corrected chi connectivity index (χ4v) is 3.37. The summed E-state index contributed by atoms with van der Waals surface area (Å²) in [5.41, 5.74) is 2.05. The molecule has 25 heavy (non-hydrogen) atoms. The summed E-state index contributed by atoms with van der Waals surface area (Å²) in [6.45, 7) is 5.40. The SMILES string of the molecule is COCCN1CCN(C(c2ccc(F)cc2)c2ccc(F)cc2)CC1. The van der Waals surface area contributed by atoms with E-state index in [0.717, 1.165) is 50.5 Å². The van der Waals surface area contributed by atoms with Crippen LogP contribution in [0.15, 0.2) is 48.5 Å². The van der Waals surface area contributed by atoms with E-state index in [-0.39, 0.29) is 17.7 Å². The summed E-state index contributed by atoms with van der Waals surface area (Å²) in [4.78, 5) is 4.76. The molecule has 0 N–H and O–H groups in total. The van der Waals surface area contributed by atoms with Crippen molar-refractivity contribution in [1.82, 2.24) is 9.80 Å². The summed E-state index contributed by atoms with van der Waals surface area (Å²) in [6.07, 6.45) is 0. The van der Waals surface area contributed by atoms with Gasteiger partial charge in [0.15, 0.2) is 0 Å². The molecule has 0 spiro atoms. The molecule has 0 radical (unpaired) electrons. The average Bonchev–Trinajstić information content (AvgIpc) is 2.64. The maximum Gasteiger partial charge on any atom is 0.123 e. The number of rotatable bonds is 6. The Balaban J connectivity index is 1.80. The van der Waals surface area contributed by atoms with Crippen LogP contribution in [0.4, 0.5) is 8.78 Å². The third kappa shape index (κ3) is 4.63. The molecule has 1 aliphatic heterocycles. The van der Waals surface area contributed by atoms with Crippen LogP contribution in [0.1, 0.15) is 17.2 Å². The molecule has 0 amide bonds. The number of hydrogen-bond donors (Lipinski definition) is 0. The molecule has 0 aromatic heterocycles. The second-order valence-electron chi connectivity index (χ2n) is 6.38. The maximum atomic E-state index is 13.3. The highest BCUT2D eigenvalue weighted by Gasteiger charge is 2.26. The first-order valence-corrected chi connectivity index (χ1v) is 8.63. The van der Waals surface area contributed by atoms with E-state index < -0.39 is 0 Å². The number of methoxy groups -OCH3 is 1. The van der Waals surface area contributed by atoms with Gasteiger partial charge in [0.05, 0.1) is 12.6 Å². The lowest BCUT2D eigenvalue weighted by Crippen LogP contribution is -2.48. The summed E-state index contributed by atoms with van der Waals surface area (Å²) >= 11 is 0. The summed E-state index contributed by atoms with van der Waals surface area (Å²) in [6, 6.07) is 13.2. The molecule has 0 bridgehead atoms. The summed E-state index contributed by atoms with van der Waals surface area (Å²) in [7, 11) is 1.72. The van der Waals surface area contributed by atoms with Gasteiger partial charge in [0, 0.05) is 39.8 Å². The van der Waals surface area contributed by atoms with E-state index >= 15 is 0 Å². The van der Waals surface area contributed by atoms with Crippen LogP contribution in [0, 0.1) is 11.6 Å². The Morgan fingerprint density at radius 1 is 0.840 bits per heavy atom. The zero-order valence-corrected chi connectivity index (χ0v) is 14.5. The van der Waals surface area contributed by atoms with Crippen LogP contribution < -0.4 is 0 Å². The molecule has 1 heterocycles. The molecule has 0 saturated carbocycles. The Morgan fingerprint density at radius 3 is 1.76 bits per heavy atom. The van der Waals surface area contributed by atoms with Gasteiger partial charge in [-0.1, -0.05) is 24.3 Å². The third-order valence-electron chi connectivity index (χ3n) is 4.76. The van der Waals surface area contributed by atoms with Crippen molar-refractivity contribution in [3.05, 3.63) is 71.3 Å². The first kappa shape index (κ1) is 18.0. The molecule has 2 aromatic rings. The Labute approximate surface area is 147 Å². The van der Waals surface area contributed by atoms with Crippen molar-refractivity contribution in [2.45, 2.75) is 6.04 Å². The van der Waals surface area contributed by atoms with Crippen molar-refractivity contribution in [3.8, 4) is 0 Å². The van der Waals surface area contributed by atoms with Gasteiger partial charge in [0.25, 0.3) is 0 Å². The van der Waals surface area contributed by atoms with Gasteiger partial charge in [-0.3, -0.25) is 9.80 Å². The number of ether oxygens (including phenoxy) is 1. The van der Waals surface area contributed by atoms with Gasteiger partial charge in [-0.25, -0.2) is 8.78 Å². The minimum Gasteiger partial charge on any atom is -0.383 e. The van der Waals surface area contributed by atoms with E-state index in [1.807, 2.05) is 24.3 Å². The van der Waals surface area contributed by atoms with Gasteiger partial charge in [-0.2, -0.15) is 0 Å². The van der Waals surface area contributed by atoms with Crippen molar-refractivity contribution >= 4 is 0 Å². The molecule has 0 atom stereocenters. The number of benzene rings is 2. The van der Waals surface area contributed by atoms with E-state index in [2.05, 4.69) is 9.80 Å². The van der Waals surface area contributed by atoms with Gasteiger partial charge >= 0.3 is 0 Å². The molecule has 5 heteroatoms. The molecule has 3 rings (SSSR count). The molecule has 1 aliphatic rings. The maximum absolute atomic E-state index is 13.3. The fourth-order valence-electron chi connectivity index (χ4n) is 3.37. The van der Waals surface area contributed by atoms with Crippen molar-refractivity contribution < 1.29 is 13.5 Å². The van der Waals surface area contributed by atoms with E-state index in [1.165, 1.54) is 24.3 Å². The van der Waals surface area contributed by atoms with Crippen molar-refractivity contribution in [3.63, 3.8) is 0 Å². The molecule has 1 fully saturated rings. The van der Waals surface area contributed by atoms with Crippen LogP contribution in [-0.2, 0) is 4.74 Å². The van der Waals surface area contributed by atoms with Crippen LogP contribution in [0.2, 0.25) is 0 Å². The molecular weight excluding hydrogens is 322 g/mol. The predicted octanol–water partition coefficient (Wildman–Crippen LogP) is 3.32. The molecule has 0 aliphatic carbocycles. The number of piperazine rings is 1. The molecule has 1 saturated heterocycles. The first-order valence-electron chi connectivity index (χ1n) is 8.63. The Kier molecular flexibility index (Phi) is 6.13. The monoisotopic (exact) mass is 346 g/mol. The predicted molar refractivity (Wildman–Crippen MR) is 94.5 cm³/mol. The molecule has 0 unspecified atom stereocenters. The highest BCUT2D eigenvalue weighted by Crippen LogP contribution is 2.30. The molecule has 3 nitrogen and oxygen atoms in total. The minimum atomic E-state index is -0.244. The zero-order valence-electron chi connectivity index (χ0n) is 14.5. The van der Waals surface area contributed by atoms with Crippen molar-refractivity contribution in [1.29, 1.82) is 0 Å². The lowest BCUT2D eigenvalue weighted by Gasteiger charge is -2.39. The fraction of sp³-hybridized carbons (Fsp3) is 0.400. The van der Waals surface area contributed by atoms with Crippen LogP contribution in [0.25, 0.3) is 0 Å². The smallest absolute Gasteiger partial charge is 0.123 e. The number of hydrogen-bond acceptors (Lipinski definition) is 3. The van der Waals surface area contributed by atoms with Gasteiger partial charge < -0.3 is 4.74 Å². The zero-order chi connectivity index (χ0) is 17.6.